The fourth-order valence-electron chi connectivity index (χ4n) is 1.97. The molecule has 1 amide bonds. The first kappa shape index (κ1) is 15.9. The predicted octanol–water partition coefficient (Wildman–Crippen LogP) is -0.266. The van der Waals surface area contributed by atoms with Crippen molar-refractivity contribution in [1.82, 2.24) is 9.21 Å². The van der Waals surface area contributed by atoms with Crippen molar-refractivity contribution in [3.63, 3.8) is 0 Å². The van der Waals surface area contributed by atoms with Crippen molar-refractivity contribution in [2.24, 2.45) is 0 Å². The van der Waals surface area contributed by atoms with E-state index in [-0.39, 0.29) is 19.0 Å². The van der Waals surface area contributed by atoms with E-state index in [0.717, 1.165) is 6.92 Å². The number of hydrogen-bond acceptors (Lipinski definition) is 4. The van der Waals surface area contributed by atoms with E-state index in [1.165, 1.54) is 4.31 Å². The van der Waals surface area contributed by atoms with Crippen molar-refractivity contribution in [2.45, 2.75) is 31.9 Å². The van der Waals surface area contributed by atoms with Gasteiger partial charge in [-0.1, -0.05) is 6.92 Å². The maximum atomic E-state index is 12.1. The molecule has 0 radical (unpaired) electrons. The monoisotopic (exact) mass is 292 g/mol. The summed E-state index contributed by atoms with van der Waals surface area (Å²) < 4.78 is 25.3. The van der Waals surface area contributed by atoms with Crippen LogP contribution in [-0.4, -0.2) is 66.0 Å². The van der Waals surface area contributed by atoms with Gasteiger partial charge in [0.25, 0.3) is 0 Å². The fraction of sp³-hybridized carbons (Fsp3) is 0.818. The number of rotatable bonds is 4. The molecule has 1 atom stereocenters. The number of amides is 1. The SMILES string of the molecule is CCC(=O)N1CCCN(S(=O)(=O)C(C)C(=O)O)CC1. The highest BCUT2D eigenvalue weighted by molar-refractivity contribution is 7.90. The van der Waals surface area contributed by atoms with E-state index in [4.69, 9.17) is 5.11 Å². The molecule has 1 saturated heterocycles. The van der Waals surface area contributed by atoms with E-state index in [2.05, 4.69) is 0 Å². The second kappa shape index (κ2) is 6.33. The molecule has 0 aromatic carbocycles. The molecule has 0 bridgehead atoms. The lowest BCUT2D eigenvalue weighted by Crippen LogP contribution is -2.43. The number of aliphatic carboxylic acids is 1. The zero-order valence-electron chi connectivity index (χ0n) is 11.2. The van der Waals surface area contributed by atoms with Gasteiger partial charge in [0.15, 0.2) is 5.25 Å². The third kappa shape index (κ3) is 3.66. The zero-order valence-corrected chi connectivity index (χ0v) is 12.0. The number of nitrogens with zero attached hydrogens (tertiary/aromatic N) is 2. The van der Waals surface area contributed by atoms with Crippen LogP contribution in [0, 0.1) is 0 Å². The summed E-state index contributed by atoms with van der Waals surface area (Å²) in [5.74, 6) is -1.36. The summed E-state index contributed by atoms with van der Waals surface area (Å²) in [4.78, 5) is 24.0. The predicted molar refractivity (Wildman–Crippen MR) is 69.1 cm³/mol. The van der Waals surface area contributed by atoms with Crippen molar-refractivity contribution in [3.05, 3.63) is 0 Å². The standard InChI is InChI=1S/C11H20N2O5S/c1-3-10(14)12-5-4-6-13(8-7-12)19(17,18)9(2)11(15)16/h9H,3-8H2,1-2H3,(H,15,16). The highest BCUT2D eigenvalue weighted by Crippen LogP contribution is 2.13. The van der Waals surface area contributed by atoms with Gasteiger partial charge in [-0.2, -0.15) is 4.31 Å². The van der Waals surface area contributed by atoms with Gasteiger partial charge in [-0.15, -0.1) is 0 Å². The number of carbonyl (C=O) groups is 2. The smallest absolute Gasteiger partial charge is 0.323 e. The number of carbonyl (C=O) groups excluding carboxylic acids is 1. The Bertz CT molecular complexity index is 448. The average molecular weight is 292 g/mol. The molecule has 1 unspecified atom stereocenters. The molecule has 1 aliphatic rings. The lowest BCUT2D eigenvalue weighted by molar-refractivity contribution is -0.136. The largest absolute Gasteiger partial charge is 0.480 e. The van der Waals surface area contributed by atoms with Crippen LogP contribution in [0.5, 0.6) is 0 Å². The van der Waals surface area contributed by atoms with Crippen LogP contribution in [0.4, 0.5) is 0 Å². The summed E-state index contributed by atoms with van der Waals surface area (Å²) in [7, 11) is -3.84. The molecule has 1 fully saturated rings. The molecule has 0 aromatic heterocycles. The van der Waals surface area contributed by atoms with Gasteiger partial charge in [-0.25, -0.2) is 8.42 Å². The Balaban J connectivity index is 2.77. The lowest BCUT2D eigenvalue weighted by Gasteiger charge is -2.23. The van der Waals surface area contributed by atoms with E-state index in [9.17, 15) is 18.0 Å². The molecule has 0 aromatic rings. The molecule has 110 valence electrons. The summed E-state index contributed by atoms with van der Waals surface area (Å²) >= 11 is 0. The summed E-state index contributed by atoms with van der Waals surface area (Å²) in [6.45, 7) is 4.17. The summed E-state index contributed by atoms with van der Waals surface area (Å²) in [5, 5.41) is 7.37. The fourth-order valence-corrected chi connectivity index (χ4v) is 3.39. The third-order valence-electron chi connectivity index (χ3n) is 3.26. The van der Waals surface area contributed by atoms with Crippen molar-refractivity contribution >= 4 is 21.9 Å². The molecule has 0 spiro atoms. The van der Waals surface area contributed by atoms with E-state index in [0.29, 0.717) is 25.9 Å². The molecular weight excluding hydrogens is 272 g/mol. The van der Waals surface area contributed by atoms with Crippen molar-refractivity contribution in [2.75, 3.05) is 26.2 Å². The quantitative estimate of drug-likeness (QED) is 0.770. The van der Waals surface area contributed by atoms with Gasteiger partial charge in [-0.05, 0) is 13.3 Å². The van der Waals surface area contributed by atoms with Crippen LogP contribution in [0.3, 0.4) is 0 Å². The van der Waals surface area contributed by atoms with Crippen molar-refractivity contribution in [1.29, 1.82) is 0 Å². The minimum Gasteiger partial charge on any atom is -0.480 e. The number of hydrogen-bond donors (Lipinski definition) is 1. The highest BCUT2D eigenvalue weighted by Gasteiger charge is 2.34. The third-order valence-corrected chi connectivity index (χ3v) is 5.44. The normalized spacial score (nSPS) is 19.8. The average Bonchev–Trinajstić information content (AvgIpc) is 2.62. The Morgan fingerprint density at radius 1 is 1.21 bits per heavy atom. The Morgan fingerprint density at radius 3 is 2.37 bits per heavy atom. The topological polar surface area (TPSA) is 95.0 Å². The minimum absolute atomic E-state index is 0.00877. The summed E-state index contributed by atoms with van der Waals surface area (Å²) in [6.07, 6.45) is 0.912. The molecule has 19 heavy (non-hydrogen) atoms. The first-order chi connectivity index (χ1) is 8.80. The molecule has 1 aliphatic heterocycles. The van der Waals surface area contributed by atoms with E-state index >= 15 is 0 Å². The van der Waals surface area contributed by atoms with Gasteiger partial charge in [-0.3, -0.25) is 9.59 Å². The van der Waals surface area contributed by atoms with E-state index in [1.54, 1.807) is 11.8 Å². The molecule has 7 nitrogen and oxygen atoms in total. The molecule has 0 saturated carbocycles. The minimum atomic E-state index is -3.84. The van der Waals surface area contributed by atoms with Crippen LogP contribution in [-0.2, 0) is 19.6 Å². The van der Waals surface area contributed by atoms with Gasteiger partial charge < -0.3 is 10.0 Å². The molecule has 8 heteroatoms. The Morgan fingerprint density at radius 2 is 1.84 bits per heavy atom. The van der Waals surface area contributed by atoms with Crippen molar-refractivity contribution < 1.29 is 23.1 Å². The van der Waals surface area contributed by atoms with Crippen LogP contribution < -0.4 is 0 Å². The Labute approximate surface area is 113 Å². The van der Waals surface area contributed by atoms with Crippen LogP contribution in [0.2, 0.25) is 0 Å². The summed E-state index contributed by atoms with van der Waals surface area (Å²) in [6, 6.07) is 0. The second-order valence-electron chi connectivity index (χ2n) is 4.51. The van der Waals surface area contributed by atoms with Crippen LogP contribution in [0.15, 0.2) is 0 Å². The first-order valence-electron chi connectivity index (χ1n) is 6.30. The molecule has 1 heterocycles. The molecule has 1 N–H and O–H groups in total. The molecule has 0 aliphatic carbocycles. The maximum absolute atomic E-state index is 12.1. The van der Waals surface area contributed by atoms with Crippen LogP contribution in [0.1, 0.15) is 26.7 Å². The van der Waals surface area contributed by atoms with Gasteiger partial charge >= 0.3 is 5.97 Å². The van der Waals surface area contributed by atoms with Gasteiger partial charge in [0.2, 0.25) is 15.9 Å². The highest BCUT2D eigenvalue weighted by atomic mass is 32.2. The Hall–Kier alpha value is -1.15. The number of sulfonamides is 1. The van der Waals surface area contributed by atoms with Gasteiger partial charge in [0.05, 0.1) is 0 Å². The zero-order chi connectivity index (χ0) is 14.6. The molecule has 1 rings (SSSR count). The van der Waals surface area contributed by atoms with E-state index < -0.39 is 21.2 Å². The summed E-state index contributed by atoms with van der Waals surface area (Å²) in [5.41, 5.74) is 0. The number of carboxylic acid groups (broad SMARTS) is 1. The van der Waals surface area contributed by atoms with Crippen molar-refractivity contribution in [3.8, 4) is 0 Å². The van der Waals surface area contributed by atoms with Crippen LogP contribution >= 0.6 is 0 Å². The maximum Gasteiger partial charge on any atom is 0.323 e. The number of carboxylic acids is 1. The van der Waals surface area contributed by atoms with E-state index in [1.807, 2.05) is 0 Å². The molecular formula is C11H20N2O5S. The first-order valence-corrected chi connectivity index (χ1v) is 7.80. The van der Waals surface area contributed by atoms with Crippen LogP contribution in [0.25, 0.3) is 0 Å². The van der Waals surface area contributed by atoms with Gasteiger partial charge in [0.1, 0.15) is 0 Å². The van der Waals surface area contributed by atoms with Gasteiger partial charge in [0, 0.05) is 32.6 Å². The Kier molecular flexibility index (Phi) is 5.30. The lowest BCUT2D eigenvalue weighted by atomic mass is 10.3. The second-order valence-corrected chi connectivity index (χ2v) is 6.77.